The molecule has 2 aromatic carbocycles. The van der Waals surface area contributed by atoms with Gasteiger partial charge in [0.1, 0.15) is 0 Å². The van der Waals surface area contributed by atoms with Gasteiger partial charge in [0.05, 0.1) is 11.6 Å². The van der Waals surface area contributed by atoms with E-state index >= 15 is 0 Å². The molecule has 2 heteroatoms. The van der Waals surface area contributed by atoms with Crippen LogP contribution in [-0.2, 0) is 5.75 Å². The maximum Gasteiger partial charge on any atom is 0.0991 e. The molecule has 0 spiro atoms. The second-order valence-corrected chi connectivity index (χ2v) is 5.59. The number of nitriles is 1. The summed E-state index contributed by atoms with van der Waals surface area (Å²) in [7, 11) is 0. The first-order valence-corrected chi connectivity index (χ1v) is 7.03. The number of hydrogen-bond donors (Lipinski definition) is 0. The zero-order chi connectivity index (χ0) is 12.5. The van der Waals surface area contributed by atoms with E-state index in [-0.39, 0.29) is 0 Å². The Morgan fingerprint density at radius 2 is 2.00 bits per heavy atom. The van der Waals surface area contributed by atoms with Crippen molar-refractivity contribution in [1.29, 1.82) is 5.26 Å². The molecule has 0 fully saturated rings. The smallest absolute Gasteiger partial charge is 0.0991 e. The molecule has 1 aliphatic rings. The van der Waals surface area contributed by atoms with Crippen LogP contribution in [0.15, 0.2) is 47.4 Å². The largest absolute Gasteiger partial charge is 0.192 e. The summed E-state index contributed by atoms with van der Waals surface area (Å²) in [5.41, 5.74) is 4.80. The number of rotatable bonds is 0. The normalized spacial score (nSPS) is 17.2. The van der Waals surface area contributed by atoms with E-state index in [2.05, 4.69) is 43.3 Å². The molecule has 0 saturated carbocycles. The van der Waals surface area contributed by atoms with Gasteiger partial charge in [-0.3, -0.25) is 0 Å². The van der Waals surface area contributed by atoms with Crippen molar-refractivity contribution in [3.63, 3.8) is 0 Å². The summed E-state index contributed by atoms with van der Waals surface area (Å²) in [5.74, 6) is 1.35. The lowest BCUT2D eigenvalue weighted by Crippen LogP contribution is -1.99. The van der Waals surface area contributed by atoms with Crippen LogP contribution in [0.2, 0.25) is 0 Å². The molecule has 0 aromatic heterocycles. The predicted molar refractivity (Wildman–Crippen MR) is 74.7 cm³/mol. The van der Waals surface area contributed by atoms with Crippen LogP contribution in [0.5, 0.6) is 0 Å². The van der Waals surface area contributed by atoms with Crippen LogP contribution in [0.4, 0.5) is 0 Å². The Labute approximate surface area is 111 Å². The highest BCUT2D eigenvalue weighted by atomic mass is 32.2. The van der Waals surface area contributed by atoms with Gasteiger partial charge in [-0.1, -0.05) is 31.2 Å². The molecular weight excluding hydrogens is 238 g/mol. The highest BCUT2D eigenvalue weighted by Crippen LogP contribution is 2.40. The minimum Gasteiger partial charge on any atom is -0.192 e. The molecule has 1 atom stereocenters. The van der Waals surface area contributed by atoms with Crippen LogP contribution in [0.1, 0.15) is 35.1 Å². The van der Waals surface area contributed by atoms with Crippen molar-refractivity contribution in [3.8, 4) is 6.07 Å². The highest BCUT2D eigenvalue weighted by molar-refractivity contribution is 7.98. The third-order valence-corrected chi connectivity index (χ3v) is 4.65. The number of fused-ring (bicyclic) bond motifs is 2. The summed E-state index contributed by atoms with van der Waals surface area (Å²) in [4.78, 5) is 1.36. The van der Waals surface area contributed by atoms with E-state index in [0.29, 0.717) is 5.92 Å². The molecule has 0 saturated heterocycles. The van der Waals surface area contributed by atoms with Crippen molar-refractivity contribution in [3.05, 3.63) is 64.7 Å². The van der Waals surface area contributed by atoms with Crippen molar-refractivity contribution in [2.45, 2.75) is 23.5 Å². The number of hydrogen-bond acceptors (Lipinski definition) is 2. The van der Waals surface area contributed by atoms with Gasteiger partial charge in [-0.05, 0) is 34.9 Å². The lowest BCUT2D eigenvalue weighted by atomic mass is 9.89. The first kappa shape index (κ1) is 11.4. The van der Waals surface area contributed by atoms with Crippen molar-refractivity contribution in [1.82, 2.24) is 0 Å². The van der Waals surface area contributed by atoms with Gasteiger partial charge in [0.25, 0.3) is 0 Å². The molecule has 3 rings (SSSR count). The van der Waals surface area contributed by atoms with Crippen LogP contribution < -0.4 is 0 Å². The van der Waals surface area contributed by atoms with E-state index in [1.807, 2.05) is 23.9 Å². The average Bonchev–Trinajstić information content (AvgIpc) is 2.57. The molecule has 1 nitrogen and oxygen atoms in total. The standard InChI is InChI=1S/C16H13NS/c1-11-14-7-6-12(9-17)8-13(14)10-18-16-5-3-2-4-15(11)16/h2-8,11H,10H2,1H3. The second-order valence-electron chi connectivity index (χ2n) is 4.57. The van der Waals surface area contributed by atoms with Gasteiger partial charge >= 0.3 is 0 Å². The lowest BCUT2D eigenvalue weighted by molar-refractivity contribution is 0.890. The van der Waals surface area contributed by atoms with Gasteiger partial charge in [0, 0.05) is 16.6 Å². The Morgan fingerprint density at radius 3 is 2.83 bits per heavy atom. The monoisotopic (exact) mass is 251 g/mol. The zero-order valence-electron chi connectivity index (χ0n) is 10.2. The van der Waals surface area contributed by atoms with E-state index < -0.39 is 0 Å². The Kier molecular flexibility index (Phi) is 2.85. The SMILES string of the molecule is CC1c2ccc(C#N)cc2CSc2ccccc21. The fourth-order valence-electron chi connectivity index (χ4n) is 2.52. The van der Waals surface area contributed by atoms with E-state index in [1.165, 1.54) is 21.6 Å². The van der Waals surface area contributed by atoms with Crippen LogP contribution in [-0.4, -0.2) is 0 Å². The third kappa shape index (κ3) is 1.81. The van der Waals surface area contributed by atoms with Crippen LogP contribution >= 0.6 is 11.8 Å². The molecule has 1 heterocycles. The number of nitrogens with zero attached hydrogens (tertiary/aromatic N) is 1. The third-order valence-electron chi connectivity index (χ3n) is 3.51. The van der Waals surface area contributed by atoms with Crippen LogP contribution in [0.25, 0.3) is 0 Å². The average molecular weight is 251 g/mol. The molecule has 0 amide bonds. The first-order valence-electron chi connectivity index (χ1n) is 6.04. The van der Waals surface area contributed by atoms with Gasteiger partial charge in [-0.25, -0.2) is 0 Å². The fraction of sp³-hybridized carbons (Fsp3) is 0.188. The van der Waals surface area contributed by atoms with Crippen LogP contribution in [0, 0.1) is 11.3 Å². The van der Waals surface area contributed by atoms with Gasteiger partial charge in [0.15, 0.2) is 0 Å². The summed E-state index contributed by atoms with van der Waals surface area (Å²) in [6, 6.07) is 16.9. The molecule has 1 unspecified atom stereocenters. The van der Waals surface area contributed by atoms with Crippen molar-refractivity contribution < 1.29 is 0 Å². The van der Waals surface area contributed by atoms with E-state index in [4.69, 9.17) is 5.26 Å². The van der Waals surface area contributed by atoms with E-state index in [1.54, 1.807) is 0 Å². The molecule has 18 heavy (non-hydrogen) atoms. The number of thioether (sulfide) groups is 1. The molecule has 0 radical (unpaired) electrons. The molecule has 88 valence electrons. The maximum atomic E-state index is 8.99. The molecule has 2 aromatic rings. The van der Waals surface area contributed by atoms with Crippen molar-refractivity contribution in [2.24, 2.45) is 0 Å². The first-order chi connectivity index (χ1) is 8.79. The second kappa shape index (κ2) is 4.51. The predicted octanol–water partition coefficient (Wildman–Crippen LogP) is 4.32. The minimum absolute atomic E-state index is 0.402. The lowest BCUT2D eigenvalue weighted by Gasteiger charge is -2.14. The molecule has 0 aliphatic carbocycles. The van der Waals surface area contributed by atoms with Gasteiger partial charge in [0.2, 0.25) is 0 Å². The van der Waals surface area contributed by atoms with Gasteiger partial charge in [-0.2, -0.15) is 5.26 Å². The summed E-state index contributed by atoms with van der Waals surface area (Å²) < 4.78 is 0. The van der Waals surface area contributed by atoms with Crippen LogP contribution in [0.3, 0.4) is 0 Å². The van der Waals surface area contributed by atoms with Gasteiger partial charge in [-0.15, -0.1) is 11.8 Å². The summed E-state index contributed by atoms with van der Waals surface area (Å²) in [5, 5.41) is 8.99. The molecular formula is C16H13NS. The zero-order valence-corrected chi connectivity index (χ0v) is 11.0. The Balaban J connectivity index is 2.15. The van der Waals surface area contributed by atoms with Crippen molar-refractivity contribution >= 4 is 11.8 Å². The summed E-state index contributed by atoms with van der Waals surface area (Å²) in [6.07, 6.45) is 0. The van der Waals surface area contributed by atoms with E-state index in [9.17, 15) is 0 Å². The Hall–Kier alpha value is -1.72. The Bertz CT molecular complexity index is 640. The number of benzene rings is 2. The van der Waals surface area contributed by atoms with Crippen molar-refractivity contribution in [2.75, 3.05) is 0 Å². The van der Waals surface area contributed by atoms with Gasteiger partial charge < -0.3 is 0 Å². The minimum atomic E-state index is 0.402. The molecule has 0 bridgehead atoms. The Morgan fingerprint density at radius 1 is 1.17 bits per heavy atom. The summed E-state index contributed by atoms with van der Waals surface area (Å²) in [6.45, 7) is 2.25. The summed E-state index contributed by atoms with van der Waals surface area (Å²) >= 11 is 1.87. The molecule has 0 N–H and O–H groups in total. The maximum absolute atomic E-state index is 8.99. The van der Waals surface area contributed by atoms with E-state index in [0.717, 1.165) is 11.3 Å². The highest BCUT2D eigenvalue weighted by Gasteiger charge is 2.20. The fourth-order valence-corrected chi connectivity index (χ4v) is 3.66. The molecule has 1 aliphatic heterocycles. The quantitative estimate of drug-likeness (QED) is 0.696. The topological polar surface area (TPSA) is 23.8 Å².